The molecule has 2 aromatic rings. The Morgan fingerprint density at radius 2 is 1.60 bits per heavy atom. The fraction of sp³-hybridized carbons (Fsp3) is 0.435. The van der Waals surface area contributed by atoms with E-state index in [9.17, 15) is 4.79 Å². The highest BCUT2D eigenvalue weighted by molar-refractivity contribution is 5.78. The lowest BCUT2D eigenvalue weighted by Gasteiger charge is -2.32. The summed E-state index contributed by atoms with van der Waals surface area (Å²) in [5.74, 6) is 0.237. The third-order valence-electron chi connectivity index (χ3n) is 4.95. The van der Waals surface area contributed by atoms with E-state index in [1.165, 1.54) is 11.1 Å². The number of benzene rings is 2. The van der Waals surface area contributed by atoms with Crippen LogP contribution in [-0.2, 0) is 0 Å². The van der Waals surface area contributed by atoms with Gasteiger partial charge in [-0.3, -0.25) is 9.69 Å². The van der Waals surface area contributed by atoms with Crippen LogP contribution >= 0.6 is 0 Å². The van der Waals surface area contributed by atoms with Crippen LogP contribution in [0.15, 0.2) is 48.5 Å². The third kappa shape index (κ3) is 5.02. The predicted molar refractivity (Wildman–Crippen MR) is 106 cm³/mol. The lowest BCUT2D eigenvalue weighted by Crippen LogP contribution is -2.38. The van der Waals surface area contributed by atoms with Crippen molar-refractivity contribution in [3.63, 3.8) is 0 Å². The highest BCUT2D eigenvalue weighted by atomic mass is 16.1. The van der Waals surface area contributed by atoms with Crippen molar-refractivity contribution in [1.82, 2.24) is 4.90 Å². The summed E-state index contributed by atoms with van der Waals surface area (Å²) in [5.41, 5.74) is 4.43. The molecule has 0 bridgehead atoms. The fourth-order valence-electron chi connectivity index (χ4n) is 3.68. The van der Waals surface area contributed by atoms with Gasteiger partial charge in [-0.2, -0.15) is 0 Å². The van der Waals surface area contributed by atoms with E-state index in [1.54, 1.807) is 0 Å². The fourth-order valence-corrected chi connectivity index (χ4v) is 3.68. The summed E-state index contributed by atoms with van der Waals surface area (Å²) in [6.45, 7) is 12.1. The van der Waals surface area contributed by atoms with Gasteiger partial charge in [0.25, 0.3) is 0 Å². The Hall–Kier alpha value is -1.93. The van der Waals surface area contributed by atoms with Crippen molar-refractivity contribution in [2.45, 2.75) is 59.0 Å². The largest absolute Gasteiger partial charge is 0.299 e. The van der Waals surface area contributed by atoms with Crippen LogP contribution < -0.4 is 0 Å². The van der Waals surface area contributed by atoms with Gasteiger partial charge in [-0.15, -0.1) is 0 Å². The number of aldehydes is 1. The summed E-state index contributed by atoms with van der Waals surface area (Å²) >= 11 is 0. The van der Waals surface area contributed by atoms with Gasteiger partial charge in [0.2, 0.25) is 0 Å². The Morgan fingerprint density at radius 3 is 2.16 bits per heavy atom. The number of carbonyl (C=O) groups is 1. The minimum absolute atomic E-state index is 0.237. The third-order valence-corrected chi connectivity index (χ3v) is 4.95. The van der Waals surface area contributed by atoms with Crippen molar-refractivity contribution >= 4 is 6.29 Å². The first kappa shape index (κ1) is 19.4. The number of aryl methyl sites for hydroxylation is 1. The highest BCUT2D eigenvalue weighted by Gasteiger charge is 2.21. The Kier molecular flexibility index (Phi) is 6.95. The van der Waals surface area contributed by atoms with Crippen LogP contribution in [0.2, 0.25) is 0 Å². The smallest absolute Gasteiger partial charge is 0.150 e. The summed E-state index contributed by atoms with van der Waals surface area (Å²) in [6.07, 6.45) is 2.00. The normalized spacial score (nSPS) is 12.8. The second kappa shape index (κ2) is 8.96. The van der Waals surface area contributed by atoms with Gasteiger partial charge < -0.3 is 0 Å². The van der Waals surface area contributed by atoms with Crippen molar-refractivity contribution in [3.05, 3.63) is 70.8 Å². The average Bonchev–Trinajstić information content (AvgIpc) is 2.59. The van der Waals surface area contributed by atoms with Gasteiger partial charge in [0.05, 0.1) is 0 Å². The molecule has 0 spiro atoms. The first-order chi connectivity index (χ1) is 11.9. The molecule has 0 saturated heterocycles. The number of nitrogens with zero attached hydrogens (tertiary/aromatic N) is 1. The molecule has 0 aliphatic carbocycles. The summed E-state index contributed by atoms with van der Waals surface area (Å²) in [5, 5.41) is 0. The summed E-state index contributed by atoms with van der Waals surface area (Å²) in [4.78, 5) is 14.1. The number of carbonyl (C=O) groups excluding carboxylic acids is 1. The van der Waals surface area contributed by atoms with E-state index in [0.29, 0.717) is 12.1 Å². The van der Waals surface area contributed by atoms with Crippen LogP contribution in [0.25, 0.3) is 0 Å². The molecule has 25 heavy (non-hydrogen) atoms. The first-order valence-corrected chi connectivity index (χ1v) is 9.30. The van der Waals surface area contributed by atoms with Gasteiger partial charge in [0.15, 0.2) is 0 Å². The average molecular weight is 338 g/mol. The van der Waals surface area contributed by atoms with Gasteiger partial charge in [0.1, 0.15) is 6.29 Å². The Balaban J connectivity index is 2.38. The summed E-state index contributed by atoms with van der Waals surface area (Å²) in [7, 11) is 0. The van der Waals surface area contributed by atoms with E-state index < -0.39 is 0 Å². The molecule has 1 atom stereocenters. The van der Waals surface area contributed by atoms with Gasteiger partial charge in [-0.05, 0) is 58.7 Å². The first-order valence-electron chi connectivity index (χ1n) is 9.30. The quantitative estimate of drug-likeness (QED) is 0.597. The molecule has 2 rings (SSSR count). The van der Waals surface area contributed by atoms with Crippen LogP contribution in [0.1, 0.15) is 67.1 Å². The van der Waals surface area contributed by atoms with Gasteiger partial charge in [0, 0.05) is 23.6 Å². The second-order valence-electron chi connectivity index (χ2n) is 7.43. The van der Waals surface area contributed by atoms with Crippen LogP contribution in [0, 0.1) is 6.92 Å². The van der Waals surface area contributed by atoms with E-state index in [0.717, 1.165) is 30.4 Å². The standard InChI is InChI=1S/C23H31NO/c1-17(2)24(18(3)4)14-13-22(20-9-7-6-8-10-20)23-15-19(5)11-12-21(23)16-25/h6-12,15-18,22H,13-14H2,1-5H3. The minimum Gasteiger partial charge on any atom is -0.299 e. The molecule has 0 aromatic heterocycles. The molecule has 0 aliphatic heterocycles. The monoisotopic (exact) mass is 337 g/mol. The van der Waals surface area contributed by atoms with E-state index in [-0.39, 0.29) is 5.92 Å². The van der Waals surface area contributed by atoms with Crippen molar-refractivity contribution in [2.24, 2.45) is 0 Å². The SMILES string of the molecule is Cc1ccc(C=O)c(C(CCN(C(C)C)C(C)C)c2ccccc2)c1. The molecule has 2 heteroatoms. The molecule has 0 amide bonds. The molecule has 0 heterocycles. The van der Waals surface area contributed by atoms with Crippen molar-refractivity contribution in [1.29, 1.82) is 0 Å². The van der Waals surface area contributed by atoms with Crippen LogP contribution in [0.3, 0.4) is 0 Å². The maximum absolute atomic E-state index is 11.6. The molecule has 2 aromatic carbocycles. The zero-order chi connectivity index (χ0) is 18.4. The van der Waals surface area contributed by atoms with Crippen molar-refractivity contribution < 1.29 is 4.79 Å². The number of hydrogen-bond acceptors (Lipinski definition) is 2. The molecule has 0 fully saturated rings. The molecular weight excluding hydrogens is 306 g/mol. The van der Waals surface area contributed by atoms with E-state index in [2.05, 4.69) is 69.9 Å². The maximum atomic E-state index is 11.6. The second-order valence-corrected chi connectivity index (χ2v) is 7.43. The Morgan fingerprint density at radius 1 is 0.960 bits per heavy atom. The van der Waals surface area contributed by atoms with E-state index in [4.69, 9.17) is 0 Å². The maximum Gasteiger partial charge on any atom is 0.150 e. The number of rotatable bonds is 8. The van der Waals surface area contributed by atoms with Crippen LogP contribution in [0.4, 0.5) is 0 Å². The predicted octanol–water partition coefficient (Wildman–Crippen LogP) is 5.45. The topological polar surface area (TPSA) is 20.3 Å². The molecule has 0 saturated carbocycles. The van der Waals surface area contributed by atoms with E-state index in [1.807, 2.05) is 18.2 Å². The van der Waals surface area contributed by atoms with Crippen molar-refractivity contribution in [3.8, 4) is 0 Å². The molecular formula is C23H31NO. The zero-order valence-electron chi connectivity index (χ0n) is 16.2. The van der Waals surface area contributed by atoms with Crippen LogP contribution in [0.5, 0.6) is 0 Å². The van der Waals surface area contributed by atoms with Gasteiger partial charge in [-0.1, -0.05) is 54.1 Å². The minimum atomic E-state index is 0.237. The molecule has 1 unspecified atom stereocenters. The molecule has 0 N–H and O–H groups in total. The lowest BCUT2D eigenvalue weighted by atomic mass is 9.85. The Bertz CT molecular complexity index is 668. The lowest BCUT2D eigenvalue weighted by molar-refractivity contribution is 0.112. The molecule has 0 radical (unpaired) electrons. The van der Waals surface area contributed by atoms with Crippen molar-refractivity contribution in [2.75, 3.05) is 6.54 Å². The van der Waals surface area contributed by atoms with E-state index >= 15 is 0 Å². The van der Waals surface area contributed by atoms with Crippen LogP contribution in [-0.4, -0.2) is 29.8 Å². The Labute approximate surface area is 152 Å². The summed E-state index contributed by atoms with van der Waals surface area (Å²) < 4.78 is 0. The summed E-state index contributed by atoms with van der Waals surface area (Å²) in [6, 6.07) is 17.7. The van der Waals surface area contributed by atoms with Gasteiger partial charge in [-0.25, -0.2) is 0 Å². The number of hydrogen-bond donors (Lipinski definition) is 0. The molecule has 2 nitrogen and oxygen atoms in total. The van der Waals surface area contributed by atoms with Gasteiger partial charge >= 0.3 is 0 Å². The molecule has 0 aliphatic rings. The zero-order valence-corrected chi connectivity index (χ0v) is 16.2. The highest BCUT2D eigenvalue weighted by Crippen LogP contribution is 2.31. The molecule has 134 valence electrons.